The Hall–Kier alpha value is -3.79. The van der Waals surface area contributed by atoms with E-state index in [1.54, 1.807) is 34.9 Å². The van der Waals surface area contributed by atoms with Crippen molar-refractivity contribution >= 4 is 17.7 Å². The number of ether oxygens (including phenoxy) is 2. The number of carbonyl (C=O) groups is 1. The van der Waals surface area contributed by atoms with Gasteiger partial charge < -0.3 is 14.6 Å². The predicted octanol–water partition coefficient (Wildman–Crippen LogP) is 3.48. The third-order valence-electron chi connectivity index (χ3n) is 3.41. The first-order chi connectivity index (χ1) is 12.1. The fourth-order valence-corrected chi connectivity index (χ4v) is 2.28. The summed E-state index contributed by atoms with van der Waals surface area (Å²) in [5.41, 5.74) is 0.352. The zero-order valence-corrected chi connectivity index (χ0v) is 13.2. The molecule has 2 heterocycles. The van der Waals surface area contributed by atoms with Crippen LogP contribution in [0.15, 0.2) is 54.4 Å². The van der Waals surface area contributed by atoms with Crippen molar-refractivity contribution in [2.45, 2.75) is 0 Å². The third kappa shape index (κ3) is 3.14. The van der Waals surface area contributed by atoms with Gasteiger partial charge in [-0.15, -0.1) is 0 Å². The first-order valence-electron chi connectivity index (χ1n) is 7.24. The van der Waals surface area contributed by atoms with Crippen LogP contribution in [-0.2, 0) is 4.79 Å². The molecule has 0 spiro atoms. The zero-order valence-electron chi connectivity index (χ0n) is 13.2. The lowest BCUT2D eigenvalue weighted by atomic mass is 10.3. The molecule has 0 atom stereocenters. The third-order valence-corrected chi connectivity index (χ3v) is 3.41. The van der Waals surface area contributed by atoms with Gasteiger partial charge in [-0.25, -0.2) is 4.85 Å². The number of methoxy groups -OCH3 is 1. The second kappa shape index (κ2) is 6.76. The van der Waals surface area contributed by atoms with Gasteiger partial charge in [0.2, 0.25) is 5.88 Å². The van der Waals surface area contributed by atoms with Crippen LogP contribution in [0.3, 0.4) is 0 Å². The number of hydrogen-bond donors (Lipinski definition) is 1. The van der Waals surface area contributed by atoms with Crippen LogP contribution >= 0.6 is 0 Å². The molecule has 0 saturated heterocycles. The number of para-hydroxylation sites is 1. The number of fused-ring (bicyclic) bond motifs is 1. The lowest BCUT2D eigenvalue weighted by molar-refractivity contribution is -0.132. The first-order valence-corrected chi connectivity index (χ1v) is 7.24. The average Bonchev–Trinajstić information content (AvgIpc) is 2.97. The Morgan fingerprint density at radius 2 is 2.04 bits per heavy atom. The van der Waals surface area contributed by atoms with Crippen LogP contribution in [0.1, 0.15) is 5.69 Å². The number of aliphatic carboxylic acids is 1. The molecule has 25 heavy (non-hydrogen) atoms. The maximum absolute atomic E-state index is 11.2. The molecule has 0 aliphatic carbocycles. The van der Waals surface area contributed by atoms with Crippen LogP contribution in [0, 0.1) is 6.57 Å². The van der Waals surface area contributed by atoms with Gasteiger partial charge in [-0.1, -0.05) is 18.2 Å². The van der Waals surface area contributed by atoms with Gasteiger partial charge in [0.1, 0.15) is 5.75 Å². The van der Waals surface area contributed by atoms with Crippen molar-refractivity contribution in [1.82, 2.24) is 9.38 Å². The van der Waals surface area contributed by atoms with Crippen molar-refractivity contribution in [2.75, 3.05) is 7.11 Å². The number of benzene rings is 1. The molecule has 1 N–H and O–H groups in total. The molecule has 7 nitrogen and oxygen atoms in total. The monoisotopic (exact) mass is 335 g/mol. The van der Waals surface area contributed by atoms with E-state index in [-0.39, 0.29) is 5.88 Å². The number of pyridine rings is 1. The predicted molar refractivity (Wildman–Crippen MR) is 90.5 cm³/mol. The molecule has 0 aliphatic rings. The van der Waals surface area contributed by atoms with Gasteiger partial charge in [-0.3, -0.25) is 9.20 Å². The van der Waals surface area contributed by atoms with E-state index in [2.05, 4.69) is 9.83 Å². The molecule has 0 aliphatic heterocycles. The van der Waals surface area contributed by atoms with Crippen molar-refractivity contribution < 1.29 is 19.4 Å². The Bertz CT molecular complexity index is 1000. The van der Waals surface area contributed by atoms with E-state index in [1.165, 1.54) is 13.2 Å². The Morgan fingerprint density at radius 1 is 1.28 bits per heavy atom. The lowest BCUT2D eigenvalue weighted by Gasteiger charge is -2.04. The van der Waals surface area contributed by atoms with Crippen LogP contribution in [0.2, 0.25) is 0 Å². The zero-order chi connectivity index (χ0) is 17.8. The smallest absolute Gasteiger partial charge is 0.333 e. The van der Waals surface area contributed by atoms with Crippen molar-refractivity contribution in [3.63, 3.8) is 0 Å². The summed E-state index contributed by atoms with van der Waals surface area (Å²) in [5.74, 6) is -0.101. The van der Waals surface area contributed by atoms with Crippen molar-refractivity contribution in [2.24, 2.45) is 0 Å². The van der Waals surface area contributed by atoms with Gasteiger partial charge in [0, 0.05) is 6.20 Å². The minimum Gasteiger partial charge on any atom is -0.493 e. The lowest BCUT2D eigenvalue weighted by Crippen LogP contribution is -1.98. The molecule has 3 aromatic rings. The van der Waals surface area contributed by atoms with E-state index < -0.39 is 11.7 Å². The number of nitrogens with zero attached hydrogens (tertiary/aromatic N) is 3. The van der Waals surface area contributed by atoms with Gasteiger partial charge in [0.05, 0.1) is 19.4 Å². The van der Waals surface area contributed by atoms with E-state index in [0.29, 0.717) is 22.8 Å². The molecule has 0 bridgehead atoms. The quantitative estimate of drug-likeness (QED) is 0.570. The number of carboxylic acid groups (broad SMARTS) is 1. The summed E-state index contributed by atoms with van der Waals surface area (Å²) in [6, 6.07) is 12.4. The summed E-state index contributed by atoms with van der Waals surface area (Å²) in [7, 11) is 1.51. The molecule has 124 valence electrons. The largest absolute Gasteiger partial charge is 0.493 e. The average molecular weight is 335 g/mol. The Morgan fingerprint density at radius 3 is 2.68 bits per heavy atom. The molecule has 1 aromatic carbocycles. The van der Waals surface area contributed by atoms with Gasteiger partial charge in [0.25, 0.3) is 5.70 Å². The summed E-state index contributed by atoms with van der Waals surface area (Å²) in [6.07, 6.45) is 2.92. The van der Waals surface area contributed by atoms with Gasteiger partial charge in [-0.05, 0) is 30.3 Å². The molecule has 7 heteroatoms. The van der Waals surface area contributed by atoms with Crippen molar-refractivity contribution in [1.29, 1.82) is 0 Å². The molecular weight excluding hydrogens is 322 g/mol. The summed E-state index contributed by atoms with van der Waals surface area (Å²) >= 11 is 0. The van der Waals surface area contributed by atoms with E-state index in [1.807, 2.05) is 18.2 Å². The van der Waals surface area contributed by atoms with Crippen molar-refractivity contribution in [3.05, 3.63) is 71.5 Å². The minimum atomic E-state index is -1.32. The molecule has 0 radical (unpaired) electrons. The van der Waals surface area contributed by atoms with Crippen LogP contribution < -0.4 is 9.47 Å². The summed E-state index contributed by atoms with van der Waals surface area (Å²) in [6.45, 7) is 7.05. The normalized spacial score (nSPS) is 11.1. The van der Waals surface area contributed by atoms with Gasteiger partial charge >= 0.3 is 5.97 Å². The SMILES string of the molecule is [C-]#[N+]C(=Cc1c(Oc2ccccc2)nc2c(OC)cccn12)C(=O)O. The fraction of sp³-hybridized carbons (Fsp3) is 0.0556. The molecule has 0 unspecified atom stereocenters. The second-order valence-electron chi connectivity index (χ2n) is 4.93. The maximum Gasteiger partial charge on any atom is 0.333 e. The standard InChI is InChI=1S/C18H13N3O4/c1-19-13(18(22)23)11-14-17(25-12-7-4-3-5-8-12)20-16-15(24-2)9-6-10-21(14)16/h3-11H,2H3,(H,22,23). The van der Waals surface area contributed by atoms with Gasteiger partial charge in [-0.2, -0.15) is 4.98 Å². The highest BCUT2D eigenvalue weighted by molar-refractivity contribution is 5.94. The number of carboxylic acids is 1. The number of imidazole rings is 1. The highest BCUT2D eigenvalue weighted by atomic mass is 16.5. The van der Waals surface area contributed by atoms with Crippen LogP contribution in [-0.4, -0.2) is 27.6 Å². The molecule has 0 fully saturated rings. The Balaban J connectivity index is 2.22. The Kier molecular flexibility index (Phi) is 4.35. The summed E-state index contributed by atoms with van der Waals surface area (Å²) in [5, 5.41) is 9.15. The number of hydrogen-bond acceptors (Lipinski definition) is 4. The number of rotatable bonds is 5. The van der Waals surface area contributed by atoms with E-state index in [0.717, 1.165) is 0 Å². The second-order valence-corrected chi connectivity index (χ2v) is 4.93. The van der Waals surface area contributed by atoms with E-state index in [4.69, 9.17) is 21.2 Å². The minimum absolute atomic E-state index is 0.179. The Labute approximate surface area is 143 Å². The maximum atomic E-state index is 11.2. The van der Waals surface area contributed by atoms with E-state index >= 15 is 0 Å². The molecule has 0 amide bonds. The first kappa shape index (κ1) is 16.1. The highest BCUT2D eigenvalue weighted by Gasteiger charge is 2.18. The molecular formula is C18H13N3O4. The summed E-state index contributed by atoms with van der Waals surface area (Å²) in [4.78, 5) is 18.7. The van der Waals surface area contributed by atoms with E-state index in [9.17, 15) is 4.79 Å². The number of aromatic nitrogens is 2. The molecule has 3 rings (SSSR count). The summed E-state index contributed by atoms with van der Waals surface area (Å²) < 4.78 is 12.7. The van der Waals surface area contributed by atoms with Crippen LogP contribution in [0.5, 0.6) is 17.4 Å². The van der Waals surface area contributed by atoms with Crippen LogP contribution in [0.4, 0.5) is 0 Å². The van der Waals surface area contributed by atoms with Crippen LogP contribution in [0.25, 0.3) is 16.6 Å². The highest BCUT2D eigenvalue weighted by Crippen LogP contribution is 2.31. The van der Waals surface area contributed by atoms with Crippen molar-refractivity contribution in [3.8, 4) is 17.4 Å². The fourth-order valence-electron chi connectivity index (χ4n) is 2.28. The topological polar surface area (TPSA) is 77.4 Å². The van der Waals surface area contributed by atoms with Gasteiger partial charge in [0.15, 0.2) is 11.4 Å². The molecule has 0 saturated carbocycles. The molecule has 2 aromatic heterocycles.